The number of hydrogen-bond donors (Lipinski definition) is 0. The molecule has 0 atom stereocenters. The maximum Gasteiger partial charge on any atom is 0.441 e. The Morgan fingerprint density at radius 3 is 2.65 bits per heavy atom. The van der Waals surface area contributed by atoms with Gasteiger partial charge in [-0.05, 0) is 6.07 Å². The fourth-order valence-corrected chi connectivity index (χ4v) is 1.67. The Morgan fingerprint density at radius 2 is 2.12 bits per heavy atom. The molecule has 0 N–H and O–H groups in total. The summed E-state index contributed by atoms with van der Waals surface area (Å²) in [5.74, 6) is 0.208. The number of rotatable bonds is 2. The van der Waals surface area contributed by atoms with E-state index in [4.69, 9.17) is 4.52 Å². The first kappa shape index (κ1) is 11.6. The number of aryl methyl sites for hydroxylation is 1. The summed E-state index contributed by atoms with van der Waals surface area (Å²) in [5.41, 5.74) is 0.700. The smallest absolute Gasteiger partial charge is 0.296 e. The van der Waals surface area contributed by atoms with Crippen LogP contribution in [-0.2, 0) is 19.0 Å². The molecule has 0 fully saturated rings. The van der Waals surface area contributed by atoms with Crippen molar-refractivity contribution in [3.8, 4) is 0 Å². The van der Waals surface area contributed by atoms with Gasteiger partial charge in [-0.3, -0.25) is 13.8 Å². The molecular weight excluding hydrogens is 220 g/mol. The molecule has 0 saturated carbocycles. The highest BCUT2D eigenvalue weighted by molar-refractivity contribution is 5.06. The molecule has 2 aromatic heterocycles. The minimum absolute atomic E-state index is 0.231. The molecule has 0 aliphatic rings. The lowest BCUT2D eigenvalue weighted by Gasteiger charge is -2.16. The van der Waals surface area contributed by atoms with Gasteiger partial charge in [-0.15, -0.1) is 0 Å². The lowest BCUT2D eigenvalue weighted by atomic mass is 9.96. The molecule has 0 aromatic carbocycles. The third kappa shape index (κ3) is 2.15. The summed E-state index contributed by atoms with van der Waals surface area (Å²) in [6.07, 6.45) is 1.70. The Morgan fingerprint density at radius 1 is 1.41 bits per heavy atom. The molecule has 6 nitrogen and oxygen atoms in total. The van der Waals surface area contributed by atoms with Crippen molar-refractivity contribution in [3.63, 3.8) is 0 Å². The van der Waals surface area contributed by atoms with E-state index >= 15 is 0 Å². The van der Waals surface area contributed by atoms with Crippen LogP contribution in [0.5, 0.6) is 0 Å². The van der Waals surface area contributed by atoms with E-state index in [1.54, 1.807) is 10.9 Å². The zero-order chi connectivity index (χ0) is 12.6. The molecule has 0 amide bonds. The highest BCUT2D eigenvalue weighted by Crippen LogP contribution is 2.19. The normalized spacial score (nSPS) is 12.0. The summed E-state index contributed by atoms with van der Waals surface area (Å²) in [7, 11) is 1.84. The first-order valence-electron chi connectivity index (χ1n) is 5.43. The summed E-state index contributed by atoms with van der Waals surface area (Å²) in [4.78, 5) is 11.6. The number of nitrogens with zero attached hydrogens (tertiary/aromatic N) is 4. The van der Waals surface area contributed by atoms with Crippen molar-refractivity contribution in [2.75, 3.05) is 0 Å². The predicted molar refractivity (Wildman–Crippen MR) is 61.8 cm³/mol. The first-order chi connectivity index (χ1) is 7.89. The highest BCUT2D eigenvalue weighted by Gasteiger charge is 2.24. The van der Waals surface area contributed by atoms with Crippen LogP contribution in [0.2, 0.25) is 0 Å². The SMILES string of the molecule is Cn1nccc1Cn1c(C(C)(C)C)noc1=O. The molecule has 0 saturated heterocycles. The van der Waals surface area contributed by atoms with Gasteiger partial charge >= 0.3 is 5.76 Å². The molecule has 6 heteroatoms. The molecular formula is C11H16N4O2. The predicted octanol–water partition coefficient (Wildman–Crippen LogP) is 0.916. The Balaban J connectivity index is 2.43. The molecule has 2 rings (SSSR count). The monoisotopic (exact) mass is 236 g/mol. The Labute approximate surface area is 98.8 Å². The summed E-state index contributed by atoms with van der Waals surface area (Å²) in [6.45, 7) is 6.39. The van der Waals surface area contributed by atoms with E-state index in [0.29, 0.717) is 12.4 Å². The minimum Gasteiger partial charge on any atom is -0.296 e. The number of aromatic nitrogens is 4. The second-order valence-corrected chi connectivity index (χ2v) is 5.05. The quantitative estimate of drug-likeness (QED) is 0.777. The van der Waals surface area contributed by atoms with Crippen LogP contribution in [0, 0.1) is 0 Å². The lowest BCUT2D eigenvalue weighted by molar-refractivity contribution is 0.367. The molecule has 2 aromatic rings. The van der Waals surface area contributed by atoms with Gasteiger partial charge in [0.2, 0.25) is 0 Å². The molecule has 2 heterocycles. The third-order valence-corrected chi connectivity index (χ3v) is 2.60. The fraction of sp³-hybridized carbons (Fsp3) is 0.545. The van der Waals surface area contributed by atoms with E-state index < -0.39 is 5.76 Å². The topological polar surface area (TPSA) is 65.8 Å². The van der Waals surface area contributed by atoms with Crippen molar-refractivity contribution in [2.45, 2.75) is 32.7 Å². The largest absolute Gasteiger partial charge is 0.441 e. The summed E-state index contributed by atoms with van der Waals surface area (Å²) < 4.78 is 8.01. The maximum atomic E-state index is 11.6. The zero-order valence-electron chi connectivity index (χ0n) is 10.5. The molecule has 92 valence electrons. The average molecular weight is 236 g/mol. The first-order valence-corrected chi connectivity index (χ1v) is 5.43. The van der Waals surface area contributed by atoms with Crippen molar-refractivity contribution in [3.05, 3.63) is 34.3 Å². The van der Waals surface area contributed by atoms with Crippen LogP contribution in [0.3, 0.4) is 0 Å². The van der Waals surface area contributed by atoms with Crippen molar-refractivity contribution in [1.82, 2.24) is 19.5 Å². The van der Waals surface area contributed by atoms with Gasteiger partial charge in [0.1, 0.15) is 0 Å². The van der Waals surface area contributed by atoms with E-state index in [9.17, 15) is 4.79 Å². The van der Waals surface area contributed by atoms with E-state index in [-0.39, 0.29) is 5.41 Å². The fourth-order valence-electron chi connectivity index (χ4n) is 1.67. The molecule has 0 unspecified atom stereocenters. The third-order valence-electron chi connectivity index (χ3n) is 2.60. The Kier molecular flexibility index (Phi) is 2.65. The average Bonchev–Trinajstić information content (AvgIpc) is 2.75. The molecule has 0 aliphatic heterocycles. The van der Waals surface area contributed by atoms with Gasteiger partial charge in [-0.25, -0.2) is 4.79 Å². The van der Waals surface area contributed by atoms with Gasteiger partial charge in [0.05, 0.1) is 12.2 Å². The van der Waals surface area contributed by atoms with Crippen LogP contribution in [0.4, 0.5) is 0 Å². The van der Waals surface area contributed by atoms with Gasteiger partial charge in [0, 0.05) is 18.7 Å². The second-order valence-electron chi connectivity index (χ2n) is 5.05. The van der Waals surface area contributed by atoms with Crippen molar-refractivity contribution in [1.29, 1.82) is 0 Å². The van der Waals surface area contributed by atoms with E-state index in [2.05, 4.69) is 10.3 Å². The summed E-state index contributed by atoms with van der Waals surface area (Å²) in [5, 5.41) is 7.91. The maximum absolute atomic E-state index is 11.6. The molecule has 0 aliphatic carbocycles. The lowest BCUT2D eigenvalue weighted by Crippen LogP contribution is -2.26. The molecule has 0 spiro atoms. The van der Waals surface area contributed by atoms with Gasteiger partial charge in [0.15, 0.2) is 5.82 Å². The Bertz CT molecular complexity index is 571. The van der Waals surface area contributed by atoms with Crippen molar-refractivity contribution < 1.29 is 4.52 Å². The summed E-state index contributed by atoms with van der Waals surface area (Å²) in [6, 6.07) is 1.87. The molecule has 0 radical (unpaired) electrons. The van der Waals surface area contributed by atoms with Gasteiger partial charge in [-0.1, -0.05) is 25.9 Å². The minimum atomic E-state index is -0.434. The van der Waals surface area contributed by atoms with Crippen LogP contribution in [-0.4, -0.2) is 19.5 Å². The zero-order valence-corrected chi connectivity index (χ0v) is 10.5. The Hall–Kier alpha value is -1.85. The second kappa shape index (κ2) is 3.87. The van der Waals surface area contributed by atoms with E-state index in [1.165, 1.54) is 4.57 Å². The van der Waals surface area contributed by atoms with Crippen LogP contribution >= 0.6 is 0 Å². The van der Waals surface area contributed by atoms with Crippen LogP contribution in [0.15, 0.2) is 21.6 Å². The highest BCUT2D eigenvalue weighted by atomic mass is 16.5. The van der Waals surface area contributed by atoms with Gasteiger partial charge in [0.25, 0.3) is 0 Å². The van der Waals surface area contributed by atoms with Crippen molar-refractivity contribution in [2.24, 2.45) is 7.05 Å². The van der Waals surface area contributed by atoms with Crippen LogP contribution < -0.4 is 5.76 Å². The summed E-state index contributed by atoms with van der Waals surface area (Å²) >= 11 is 0. The molecule has 0 bridgehead atoms. The molecule has 17 heavy (non-hydrogen) atoms. The van der Waals surface area contributed by atoms with Gasteiger partial charge < -0.3 is 0 Å². The van der Waals surface area contributed by atoms with E-state index in [0.717, 1.165) is 5.69 Å². The van der Waals surface area contributed by atoms with Crippen LogP contribution in [0.1, 0.15) is 32.3 Å². The number of hydrogen-bond acceptors (Lipinski definition) is 4. The standard InChI is InChI=1S/C11H16N4O2/c1-11(2,3)9-13-17-10(16)15(9)7-8-5-6-12-14(8)4/h5-6H,7H2,1-4H3. The van der Waals surface area contributed by atoms with Crippen molar-refractivity contribution >= 4 is 0 Å². The van der Waals surface area contributed by atoms with Gasteiger partial charge in [-0.2, -0.15) is 5.10 Å². The van der Waals surface area contributed by atoms with Crippen LogP contribution in [0.25, 0.3) is 0 Å². The van der Waals surface area contributed by atoms with E-state index in [1.807, 2.05) is 33.9 Å².